The zero-order valence-corrected chi connectivity index (χ0v) is 29.4. The summed E-state index contributed by atoms with van der Waals surface area (Å²) in [5, 5.41) is 0.230. The van der Waals surface area contributed by atoms with Gasteiger partial charge in [0.25, 0.3) is 0 Å². The minimum Gasteiger partial charge on any atom is -0.367 e. The summed E-state index contributed by atoms with van der Waals surface area (Å²) >= 11 is 18.4. The molecule has 1 saturated carbocycles. The van der Waals surface area contributed by atoms with E-state index >= 15 is 0 Å². The van der Waals surface area contributed by atoms with Crippen LogP contribution in [-0.4, -0.2) is 111 Å². The lowest BCUT2D eigenvalue weighted by Crippen LogP contribution is -2.59. The summed E-state index contributed by atoms with van der Waals surface area (Å²) in [5.74, 6) is 0.360. The standard InChI is InChI=1S/C33H45Cl3N4O4S/c1-37-15-17-39(18-16-37)33(21-25-7-4-3-5-8-25)12-10-26(11-13-33)22-38(2)31(41)24-44-28-9-6-14-40(23-28)45(42,43)32-29(35)19-27(34)20-30(32)36/h3-5,7-8,19-20,26,28H,6,9-18,21-24H2,1-2H3. The predicted molar refractivity (Wildman–Crippen MR) is 181 cm³/mol. The molecule has 5 rings (SSSR count). The predicted octanol–water partition coefficient (Wildman–Crippen LogP) is 5.69. The number of sulfonamides is 1. The van der Waals surface area contributed by atoms with E-state index in [1.54, 1.807) is 4.90 Å². The minimum atomic E-state index is -3.96. The largest absolute Gasteiger partial charge is 0.367 e. The molecule has 1 unspecified atom stereocenters. The number of hydrogen-bond acceptors (Lipinski definition) is 6. The minimum absolute atomic E-state index is 0.0177. The number of piperazine rings is 1. The van der Waals surface area contributed by atoms with Crippen LogP contribution in [0.4, 0.5) is 0 Å². The third-order valence-corrected chi connectivity index (χ3v) is 12.9. The van der Waals surface area contributed by atoms with Gasteiger partial charge in [-0.2, -0.15) is 4.31 Å². The Morgan fingerprint density at radius 3 is 2.27 bits per heavy atom. The second kappa shape index (κ2) is 15.2. The number of amides is 1. The number of halogens is 3. The van der Waals surface area contributed by atoms with Gasteiger partial charge in [-0.1, -0.05) is 65.1 Å². The molecule has 1 amide bonds. The molecule has 8 nitrogen and oxygen atoms in total. The zero-order valence-electron chi connectivity index (χ0n) is 26.3. The van der Waals surface area contributed by atoms with Crippen molar-refractivity contribution in [1.82, 2.24) is 19.0 Å². The van der Waals surface area contributed by atoms with Crippen LogP contribution in [0.5, 0.6) is 0 Å². The van der Waals surface area contributed by atoms with Gasteiger partial charge < -0.3 is 14.5 Å². The van der Waals surface area contributed by atoms with Crippen molar-refractivity contribution in [2.24, 2.45) is 5.92 Å². The number of ether oxygens (including phenoxy) is 1. The number of carbonyl (C=O) groups excluding carboxylic acids is 1. The summed E-state index contributed by atoms with van der Waals surface area (Å²) in [6.07, 6.45) is 6.38. The van der Waals surface area contributed by atoms with Crippen molar-refractivity contribution < 1.29 is 17.9 Å². The SMILES string of the molecule is CN1CCN(C2(Cc3ccccc3)CCC(CN(C)C(=O)COC3CCCN(S(=O)(=O)c4c(Cl)cc(Cl)cc4Cl)C3)CC2)CC1. The van der Waals surface area contributed by atoms with Gasteiger partial charge in [-0.05, 0) is 75.6 Å². The lowest BCUT2D eigenvalue weighted by atomic mass is 9.72. The zero-order chi connectivity index (χ0) is 32.2. The fraction of sp³-hybridized carbons (Fsp3) is 0.606. The van der Waals surface area contributed by atoms with E-state index in [4.69, 9.17) is 39.5 Å². The van der Waals surface area contributed by atoms with E-state index in [9.17, 15) is 13.2 Å². The number of likely N-dealkylation sites (N-methyl/N-ethyl adjacent to an activating group) is 2. The van der Waals surface area contributed by atoms with Gasteiger partial charge in [0.2, 0.25) is 15.9 Å². The summed E-state index contributed by atoms with van der Waals surface area (Å²) in [5.41, 5.74) is 1.56. The Balaban J connectivity index is 1.13. The van der Waals surface area contributed by atoms with E-state index < -0.39 is 16.1 Å². The molecular weight excluding hydrogens is 655 g/mol. The molecule has 248 valence electrons. The van der Waals surface area contributed by atoms with Crippen LogP contribution in [0.15, 0.2) is 47.4 Å². The van der Waals surface area contributed by atoms with Crippen LogP contribution >= 0.6 is 34.8 Å². The van der Waals surface area contributed by atoms with E-state index in [2.05, 4.69) is 47.2 Å². The number of carbonyl (C=O) groups is 1. The lowest BCUT2D eigenvalue weighted by Gasteiger charge is -2.51. The first-order valence-electron chi connectivity index (χ1n) is 15.9. The smallest absolute Gasteiger partial charge is 0.248 e. The van der Waals surface area contributed by atoms with Crippen molar-refractivity contribution in [3.63, 3.8) is 0 Å². The maximum atomic E-state index is 13.4. The van der Waals surface area contributed by atoms with E-state index in [0.717, 1.165) is 58.3 Å². The topological polar surface area (TPSA) is 73.4 Å². The molecule has 0 bridgehead atoms. The second-order valence-corrected chi connectivity index (χ2v) is 16.2. The van der Waals surface area contributed by atoms with Gasteiger partial charge in [-0.15, -0.1) is 0 Å². The summed E-state index contributed by atoms with van der Waals surface area (Å²) in [6.45, 7) is 5.48. The molecule has 0 radical (unpaired) electrons. The van der Waals surface area contributed by atoms with Crippen molar-refractivity contribution in [2.45, 2.75) is 61.5 Å². The van der Waals surface area contributed by atoms with Crippen molar-refractivity contribution in [1.29, 1.82) is 0 Å². The van der Waals surface area contributed by atoms with E-state index in [-0.39, 0.29) is 44.6 Å². The van der Waals surface area contributed by atoms with E-state index in [0.29, 0.717) is 31.8 Å². The molecule has 1 aliphatic carbocycles. The second-order valence-electron chi connectivity index (χ2n) is 13.0. The number of rotatable bonds is 10. The summed E-state index contributed by atoms with van der Waals surface area (Å²) < 4.78 is 34.1. The molecule has 3 aliphatic rings. The molecule has 45 heavy (non-hydrogen) atoms. The maximum Gasteiger partial charge on any atom is 0.248 e. The van der Waals surface area contributed by atoms with Crippen LogP contribution in [0.25, 0.3) is 0 Å². The van der Waals surface area contributed by atoms with Crippen LogP contribution < -0.4 is 0 Å². The van der Waals surface area contributed by atoms with Crippen molar-refractivity contribution in [3.8, 4) is 0 Å². The molecule has 12 heteroatoms. The van der Waals surface area contributed by atoms with Crippen LogP contribution in [-0.2, 0) is 26.0 Å². The Morgan fingerprint density at radius 2 is 1.62 bits per heavy atom. The fourth-order valence-electron chi connectivity index (χ4n) is 7.21. The normalized spacial score (nSPS) is 25.7. The Bertz CT molecular complexity index is 1390. The van der Waals surface area contributed by atoms with Crippen molar-refractivity contribution in [3.05, 3.63) is 63.1 Å². The van der Waals surface area contributed by atoms with E-state index in [1.165, 1.54) is 22.0 Å². The molecule has 0 N–H and O–H groups in total. The Morgan fingerprint density at radius 1 is 0.978 bits per heavy atom. The first kappa shape index (κ1) is 34.9. The molecule has 2 heterocycles. The molecular formula is C33H45Cl3N4O4S. The van der Waals surface area contributed by atoms with Crippen molar-refractivity contribution >= 4 is 50.7 Å². The molecule has 2 aliphatic heterocycles. The first-order valence-corrected chi connectivity index (χ1v) is 18.5. The Labute approximate surface area is 283 Å². The highest BCUT2D eigenvalue weighted by atomic mass is 35.5. The average Bonchev–Trinajstić information content (AvgIpc) is 3.01. The number of piperidine rings is 1. The lowest BCUT2D eigenvalue weighted by molar-refractivity contribution is -0.138. The first-order chi connectivity index (χ1) is 21.5. The van der Waals surface area contributed by atoms with Gasteiger partial charge in [-0.3, -0.25) is 9.69 Å². The van der Waals surface area contributed by atoms with E-state index in [1.807, 2.05) is 7.05 Å². The number of nitrogens with zero attached hydrogens (tertiary/aromatic N) is 4. The maximum absolute atomic E-state index is 13.4. The van der Waals surface area contributed by atoms with Gasteiger partial charge in [0.15, 0.2) is 0 Å². The van der Waals surface area contributed by atoms with Gasteiger partial charge in [0.05, 0.1) is 16.1 Å². The molecule has 0 spiro atoms. The van der Waals surface area contributed by atoms with Crippen LogP contribution in [0, 0.1) is 5.92 Å². The highest BCUT2D eigenvalue weighted by Crippen LogP contribution is 2.40. The fourth-order valence-corrected chi connectivity index (χ4v) is 10.2. The molecule has 2 aromatic carbocycles. The molecule has 0 aromatic heterocycles. The highest BCUT2D eigenvalue weighted by molar-refractivity contribution is 7.89. The summed E-state index contributed by atoms with van der Waals surface area (Å²) in [6, 6.07) is 13.6. The van der Waals surface area contributed by atoms with Crippen molar-refractivity contribution in [2.75, 3.05) is 66.5 Å². The third kappa shape index (κ3) is 8.54. The summed E-state index contributed by atoms with van der Waals surface area (Å²) in [4.78, 5) is 19.9. The summed E-state index contributed by atoms with van der Waals surface area (Å²) in [7, 11) is 0.0919. The average molecular weight is 700 g/mol. The highest BCUT2D eigenvalue weighted by Gasteiger charge is 2.41. The van der Waals surface area contributed by atoms with Gasteiger partial charge >= 0.3 is 0 Å². The van der Waals surface area contributed by atoms with Gasteiger partial charge in [0, 0.05) is 63.4 Å². The Kier molecular flexibility index (Phi) is 11.8. The molecule has 3 fully saturated rings. The molecule has 2 aromatic rings. The number of hydrogen-bond donors (Lipinski definition) is 0. The van der Waals surface area contributed by atoms with Crippen LogP contribution in [0.2, 0.25) is 15.1 Å². The Hall–Kier alpha value is -1.43. The molecule has 1 atom stereocenters. The number of benzene rings is 2. The quantitative estimate of drug-likeness (QED) is 0.317. The van der Waals surface area contributed by atoms with Crippen LogP contribution in [0.1, 0.15) is 44.1 Å². The van der Waals surface area contributed by atoms with Crippen LogP contribution in [0.3, 0.4) is 0 Å². The third-order valence-electron chi connectivity index (χ3n) is 9.89. The van der Waals surface area contributed by atoms with Gasteiger partial charge in [-0.25, -0.2) is 8.42 Å². The monoisotopic (exact) mass is 698 g/mol. The molecule has 2 saturated heterocycles. The van der Waals surface area contributed by atoms with Gasteiger partial charge in [0.1, 0.15) is 11.5 Å².